The summed E-state index contributed by atoms with van der Waals surface area (Å²) in [7, 11) is 1.19. The third kappa shape index (κ3) is 3.77. The Bertz CT molecular complexity index is 506. The molecule has 0 bridgehead atoms. The predicted molar refractivity (Wildman–Crippen MR) is 69.6 cm³/mol. The quantitative estimate of drug-likeness (QED) is 0.612. The SMILES string of the molecule is COC(=O)C(=Cc1ccccc1)N(C(C)=O)C(C)=O. The van der Waals surface area contributed by atoms with Crippen LogP contribution in [0.5, 0.6) is 0 Å². The molecule has 100 valence electrons. The van der Waals surface area contributed by atoms with E-state index in [4.69, 9.17) is 0 Å². The number of ether oxygens (including phenoxy) is 1. The molecule has 0 unspecified atom stereocenters. The first-order valence-electron chi connectivity index (χ1n) is 5.63. The van der Waals surface area contributed by atoms with Gasteiger partial charge in [-0.1, -0.05) is 30.3 Å². The molecule has 0 atom stereocenters. The summed E-state index contributed by atoms with van der Waals surface area (Å²) in [5.41, 5.74) is 0.587. The largest absolute Gasteiger partial charge is 0.464 e. The molecule has 5 nitrogen and oxygen atoms in total. The van der Waals surface area contributed by atoms with Crippen LogP contribution in [0.1, 0.15) is 19.4 Å². The predicted octanol–water partition coefficient (Wildman–Crippen LogP) is 1.60. The first-order chi connectivity index (χ1) is 8.97. The van der Waals surface area contributed by atoms with E-state index in [2.05, 4.69) is 4.74 Å². The van der Waals surface area contributed by atoms with Gasteiger partial charge in [-0.3, -0.25) is 9.59 Å². The summed E-state index contributed by atoms with van der Waals surface area (Å²) in [5, 5.41) is 0. The van der Waals surface area contributed by atoms with E-state index >= 15 is 0 Å². The Balaban J connectivity index is 3.29. The van der Waals surface area contributed by atoms with E-state index < -0.39 is 17.8 Å². The number of hydrogen-bond acceptors (Lipinski definition) is 4. The minimum atomic E-state index is -0.741. The van der Waals surface area contributed by atoms with E-state index in [0.717, 1.165) is 4.90 Å². The zero-order chi connectivity index (χ0) is 14.4. The van der Waals surface area contributed by atoms with Crippen molar-refractivity contribution < 1.29 is 19.1 Å². The van der Waals surface area contributed by atoms with Crippen LogP contribution in [-0.4, -0.2) is 29.8 Å². The standard InChI is InChI=1S/C14H15NO4/c1-10(16)15(11(2)17)13(14(18)19-3)9-12-7-5-4-6-8-12/h4-9H,1-3H3. The van der Waals surface area contributed by atoms with Crippen LogP contribution in [0.2, 0.25) is 0 Å². The summed E-state index contributed by atoms with van der Waals surface area (Å²) < 4.78 is 4.61. The van der Waals surface area contributed by atoms with Gasteiger partial charge in [-0.05, 0) is 11.6 Å². The van der Waals surface area contributed by atoms with E-state index in [-0.39, 0.29) is 5.70 Å². The first-order valence-corrected chi connectivity index (χ1v) is 5.63. The van der Waals surface area contributed by atoms with Crippen molar-refractivity contribution in [2.75, 3.05) is 7.11 Å². The molecule has 0 aliphatic heterocycles. The molecule has 0 saturated heterocycles. The van der Waals surface area contributed by atoms with Gasteiger partial charge in [-0.25, -0.2) is 9.69 Å². The van der Waals surface area contributed by atoms with Crippen molar-refractivity contribution >= 4 is 23.9 Å². The number of amides is 2. The molecular formula is C14H15NO4. The molecule has 0 fully saturated rings. The number of nitrogens with zero attached hydrogens (tertiary/aromatic N) is 1. The van der Waals surface area contributed by atoms with E-state index in [1.165, 1.54) is 27.0 Å². The third-order valence-corrected chi connectivity index (χ3v) is 2.37. The van der Waals surface area contributed by atoms with Crippen LogP contribution < -0.4 is 0 Å². The average Bonchev–Trinajstić information content (AvgIpc) is 2.37. The fraction of sp³-hybridized carbons (Fsp3) is 0.214. The number of carbonyl (C=O) groups is 3. The maximum atomic E-state index is 11.7. The topological polar surface area (TPSA) is 63.7 Å². The lowest BCUT2D eigenvalue weighted by Gasteiger charge is -2.18. The van der Waals surface area contributed by atoms with Crippen molar-refractivity contribution in [3.63, 3.8) is 0 Å². The monoisotopic (exact) mass is 261 g/mol. The second-order valence-corrected chi connectivity index (χ2v) is 3.81. The lowest BCUT2D eigenvalue weighted by atomic mass is 10.2. The highest BCUT2D eigenvalue weighted by molar-refractivity contribution is 6.06. The average molecular weight is 261 g/mol. The summed E-state index contributed by atoms with van der Waals surface area (Å²) in [5.74, 6) is -1.82. The zero-order valence-corrected chi connectivity index (χ0v) is 11.0. The lowest BCUT2D eigenvalue weighted by molar-refractivity contribution is -0.147. The van der Waals surface area contributed by atoms with Gasteiger partial charge in [0.25, 0.3) is 0 Å². The Hall–Kier alpha value is -2.43. The Labute approximate surface area is 111 Å². The number of hydrogen-bond donors (Lipinski definition) is 0. The summed E-state index contributed by atoms with van der Waals surface area (Å²) >= 11 is 0. The van der Waals surface area contributed by atoms with Crippen LogP contribution in [0.4, 0.5) is 0 Å². The van der Waals surface area contributed by atoms with Crippen LogP contribution in [0, 0.1) is 0 Å². The van der Waals surface area contributed by atoms with Gasteiger partial charge in [0.15, 0.2) is 0 Å². The highest BCUT2D eigenvalue weighted by Crippen LogP contribution is 2.13. The summed E-state index contributed by atoms with van der Waals surface area (Å²) in [6.07, 6.45) is 1.44. The molecule has 1 aromatic rings. The van der Waals surface area contributed by atoms with Crippen molar-refractivity contribution in [1.29, 1.82) is 0 Å². The fourth-order valence-electron chi connectivity index (χ4n) is 1.59. The molecule has 19 heavy (non-hydrogen) atoms. The van der Waals surface area contributed by atoms with Gasteiger partial charge in [0.1, 0.15) is 5.70 Å². The normalized spacial score (nSPS) is 10.8. The Morgan fingerprint density at radius 1 is 1.05 bits per heavy atom. The highest BCUT2D eigenvalue weighted by atomic mass is 16.5. The van der Waals surface area contributed by atoms with Crippen LogP contribution in [0.25, 0.3) is 6.08 Å². The minimum Gasteiger partial charge on any atom is -0.464 e. The zero-order valence-electron chi connectivity index (χ0n) is 11.0. The van der Waals surface area contributed by atoms with E-state index in [0.29, 0.717) is 5.56 Å². The Morgan fingerprint density at radius 2 is 1.58 bits per heavy atom. The van der Waals surface area contributed by atoms with Gasteiger partial charge in [0, 0.05) is 13.8 Å². The molecule has 0 aromatic heterocycles. The van der Waals surface area contributed by atoms with Crippen molar-refractivity contribution in [1.82, 2.24) is 4.90 Å². The molecule has 0 saturated carbocycles. The van der Waals surface area contributed by atoms with Gasteiger partial charge >= 0.3 is 5.97 Å². The van der Waals surface area contributed by atoms with Crippen molar-refractivity contribution in [3.05, 3.63) is 41.6 Å². The number of rotatable bonds is 3. The first kappa shape index (κ1) is 14.6. The maximum Gasteiger partial charge on any atom is 0.355 e. The molecular weight excluding hydrogens is 246 g/mol. The van der Waals surface area contributed by atoms with E-state index in [1.54, 1.807) is 24.3 Å². The van der Waals surface area contributed by atoms with Gasteiger partial charge in [0.05, 0.1) is 7.11 Å². The number of carbonyl (C=O) groups excluding carboxylic acids is 3. The summed E-state index contributed by atoms with van der Waals surface area (Å²) in [4.78, 5) is 35.5. The molecule has 0 heterocycles. The fourth-order valence-corrected chi connectivity index (χ4v) is 1.59. The van der Waals surface area contributed by atoms with Gasteiger partial charge in [0.2, 0.25) is 11.8 Å². The van der Waals surface area contributed by atoms with Crippen molar-refractivity contribution in [2.45, 2.75) is 13.8 Å². The number of imide groups is 1. The van der Waals surface area contributed by atoms with Crippen molar-refractivity contribution in [3.8, 4) is 0 Å². The summed E-state index contributed by atoms with van der Waals surface area (Å²) in [6.45, 7) is 2.42. The number of esters is 1. The molecule has 0 N–H and O–H groups in total. The van der Waals surface area contributed by atoms with Gasteiger partial charge in [-0.2, -0.15) is 0 Å². The van der Waals surface area contributed by atoms with Crippen LogP contribution >= 0.6 is 0 Å². The van der Waals surface area contributed by atoms with Crippen molar-refractivity contribution in [2.24, 2.45) is 0 Å². The molecule has 5 heteroatoms. The molecule has 1 aromatic carbocycles. The second-order valence-electron chi connectivity index (χ2n) is 3.81. The molecule has 0 radical (unpaired) electrons. The second kappa shape index (κ2) is 6.49. The smallest absolute Gasteiger partial charge is 0.355 e. The molecule has 1 rings (SSSR count). The third-order valence-electron chi connectivity index (χ3n) is 2.37. The number of methoxy groups -OCH3 is 1. The Kier molecular flexibility index (Phi) is 5.00. The van der Waals surface area contributed by atoms with E-state index in [1.807, 2.05) is 6.07 Å². The van der Waals surface area contributed by atoms with E-state index in [9.17, 15) is 14.4 Å². The minimum absolute atomic E-state index is 0.103. The lowest BCUT2D eigenvalue weighted by Crippen LogP contribution is -2.36. The molecule has 0 aliphatic carbocycles. The van der Waals surface area contributed by atoms with Gasteiger partial charge < -0.3 is 4.74 Å². The molecule has 0 aliphatic rings. The number of benzene rings is 1. The highest BCUT2D eigenvalue weighted by Gasteiger charge is 2.25. The summed E-state index contributed by atoms with van der Waals surface area (Å²) in [6, 6.07) is 8.89. The Morgan fingerprint density at radius 3 is 2.00 bits per heavy atom. The van der Waals surface area contributed by atoms with Crippen LogP contribution in [0.15, 0.2) is 36.0 Å². The van der Waals surface area contributed by atoms with Crippen LogP contribution in [0.3, 0.4) is 0 Å². The van der Waals surface area contributed by atoms with Gasteiger partial charge in [-0.15, -0.1) is 0 Å². The molecule has 0 spiro atoms. The molecule has 2 amide bonds. The maximum absolute atomic E-state index is 11.7. The van der Waals surface area contributed by atoms with Crippen LogP contribution in [-0.2, 0) is 19.1 Å².